The first-order valence-electron chi connectivity index (χ1n) is 14.3. The van der Waals surface area contributed by atoms with E-state index in [1.807, 2.05) is 24.3 Å². The molecule has 2 aliphatic rings. The summed E-state index contributed by atoms with van der Waals surface area (Å²) in [5, 5.41) is 14.1. The third-order valence-corrected chi connectivity index (χ3v) is 9.53. The topological polar surface area (TPSA) is 95.3 Å². The number of amides is 1. The zero-order valence-electron chi connectivity index (χ0n) is 24.1. The van der Waals surface area contributed by atoms with Crippen LogP contribution in [0.1, 0.15) is 85.1 Å². The Labute approximate surface area is 240 Å². The van der Waals surface area contributed by atoms with Gasteiger partial charge in [0, 0.05) is 41.0 Å². The minimum atomic E-state index is -1.03. The van der Waals surface area contributed by atoms with Crippen LogP contribution in [0.5, 0.6) is 0 Å². The van der Waals surface area contributed by atoms with Crippen molar-refractivity contribution in [2.24, 2.45) is 11.3 Å². The zero-order valence-corrected chi connectivity index (χ0v) is 24.9. The predicted molar refractivity (Wildman–Crippen MR) is 159 cm³/mol. The Morgan fingerprint density at radius 2 is 2.02 bits per heavy atom. The molecule has 2 atom stereocenters. The average Bonchev–Trinajstić information content (AvgIpc) is 3.27. The normalized spacial score (nSPS) is 17.9. The number of aromatic nitrogens is 1. The van der Waals surface area contributed by atoms with E-state index in [-0.39, 0.29) is 5.41 Å². The molecule has 2 unspecified atom stereocenters. The first-order chi connectivity index (χ1) is 19.1. The monoisotopic (exact) mass is 558 g/mol. The van der Waals surface area contributed by atoms with E-state index in [2.05, 4.69) is 44.0 Å². The van der Waals surface area contributed by atoms with Gasteiger partial charge in [-0.2, -0.15) is 5.26 Å². The number of hydrogen-bond acceptors (Lipinski definition) is 7. The molecular weight excluding hydrogens is 520 g/mol. The number of hydrogen-bond donors (Lipinski definition) is 1. The first kappa shape index (κ1) is 28.3. The number of carbonyl (C=O) groups excluding carboxylic acids is 2. The lowest BCUT2D eigenvalue weighted by atomic mass is 9.72. The van der Waals surface area contributed by atoms with Crippen LogP contribution in [0.15, 0.2) is 24.3 Å². The summed E-state index contributed by atoms with van der Waals surface area (Å²) in [6.07, 6.45) is 3.55. The van der Waals surface area contributed by atoms with E-state index in [1.165, 1.54) is 16.2 Å². The number of anilines is 1. The van der Waals surface area contributed by atoms with E-state index in [9.17, 15) is 14.9 Å². The van der Waals surface area contributed by atoms with Crippen molar-refractivity contribution in [1.29, 1.82) is 5.26 Å². The number of nitriles is 1. The van der Waals surface area contributed by atoms with Gasteiger partial charge in [0.1, 0.15) is 11.1 Å². The molecule has 1 amide bonds. The van der Waals surface area contributed by atoms with E-state index < -0.39 is 18.0 Å². The Morgan fingerprint density at radius 3 is 2.75 bits per heavy atom. The van der Waals surface area contributed by atoms with Gasteiger partial charge in [-0.05, 0) is 62.1 Å². The van der Waals surface area contributed by atoms with Crippen molar-refractivity contribution in [3.63, 3.8) is 0 Å². The predicted octanol–water partition coefficient (Wildman–Crippen LogP) is 6.27. The van der Waals surface area contributed by atoms with Crippen LogP contribution in [-0.4, -0.2) is 41.0 Å². The number of benzene rings is 1. The fraction of sp³-hybridized carbons (Fsp3) is 0.500. The largest absolute Gasteiger partial charge is 0.449 e. The zero-order chi connectivity index (χ0) is 28.6. The molecule has 40 heavy (non-hydrogen) atoms. The van der Waals surface area contributed by atoms with Gasteiger partial charge in [0.05, 0.1) is 16.6 Å². The minimum Gasteiger partial charge on any atom is -0.449 e. The van der Waals surface area contributed by atoms with E-state index in [1.54, 1.807) is 6.92 Å². The number of nitrogens with one attached hydrogen (secondary N) is 1. The molecular formula is C32H38N4O3S. The third-order valence-electron chi connectivity index (χ3n) is 8.36. The molecule has 7 nitrogen and oxygen atoms in total. The summed E-state index contributed by atoms with van der Waals surface area (Å²) in [5.74, 6) is -0.423. The van der Waals surface area contributed by atoms with Crippen LogP contribution >= 0.6 is 11.3 Å². The molecule has 0 fully saturated rings. The van der Waals surface area contributed by atoms with E-state index in [0.717, 1.165) is 72.9 Å². The maximum Gasteiger partial charge on any atom is 0.339 e. The summed E-state index contributed by atoms with van der Waals surface area (Å²) in [4.78, 5) is 35.3. The summed E-state index contributed by atoms with van der Waals surface area (Å²) in [5.41, 5.74) is 4.85. The number of pyridine rings is 1. The van der Waals surface area contributed by atoms with E-state index >= 15 is 0 Å². The summed E-state index contributed by atoms with van der Waals surface area (Å²) < 4.78 is 5.80. The van der Waals surface area contributed by atoms with Crippen LogP contribution in [0.4, 0.5) is 5.00 Å². The van der Waals surface area contributed by atoms with Crippen molar-refractivity contribution >= 4 is 39.1 Å². The lowest BCUT2D eigenvalue weighted by Gasteiger charge is -2.33. The Bertz CT molecular complexity index is 1500. The Hall–Kier alpha value is -3.28. The molecule has 1 aliphatic heterocycles. The fourth-order valence-corrected chi connectivity index (χ4v) is 7.29. The molecule has 8 heteroatoms. The van der Waals surface area contributed by atoms with Crippen molar-refractivity contribution in [2.75, 3.05) is 18.4 Å². The number of esters is 1. The van der Waals surface area contributed by atoms with Gasteiger partial charge in [-0.3, -0.25) is 14.7 Å². The summed E-state index contributed by atoms with van der Waals surface area (Å²) in [6, 6.07) is 9.92. The number of ether oxygens (including phenoxy) is 1. The number of nitrogens with zero attached hydrogens (tertiary/aromatic N) is 3. The van der Waals surface area contributed by atoms with Crippen LogP contribution in [-0.2, 0) is 35.3 Å². The molecule has 0 saturated carbocycles. The molecule has 0 saturated heterocycles. The maximum absolute atomic E-state index is 13.7. The lowest BCUT2D eigenvalue weighted by molar-refractivity contribution is -0.123. The molecule has 1 N–H and O–H groups in total. The molecule has 0 bridgehead atoms. The molecule has 0 spiro atoms. The summed E-state index contributed by atoms with van der Waals surface area (Å²) in [6.45, 7) is 13.0. The Balaban J connectivity index is 1.37. The molecule has 1 aliphatic carbocycles. The van der Waals surface area contributed by atoms with Gasteiger partial charge < -0.3 is 10.1 Å². The van der Waals surface area contributed by atoms with Crippen LogP contribution in [0.25, 0.3) is 10.9 Å². The fourth-order valence-electron chi connectivity index (χ4n) is 6.00. The van der Waals surface area contributed by atoms with Crippen LogP contribution in [0.3, 0.4) is 0 Å². The highest BCUT2D eigenvalue weighted by Gasteiger charge is 2.33. The highest BCUT2D eigenvalue weighted by atomic mass is 32.1. The SMILES string of the molecule is CCCN1CCc2nc3ccccc3c(C(=O)OC(C)C(=O)Nc3sc4c(c3C#N)CCC(C(C)(C)C)C4)c2C1. The molecule has 0 radical (unpaired) electrons. The van der Waals surface area contributed by atoms with Crippen LogP contribution < -0.4 is 5.32 Å². The van der Waals surface area contributed by atoms with E-state index in [4.69, 9.17) is 9.72 Å². The van der Waals surface area contributed by atoms with Gasteiger partial charge in [-0.1, -0.05) is 45.9 Å². The van der Waals surface area contributed by atoms with Gasteiger partial charge in [0.2, 0.25) is 0 Å². The quantitative estimate of drug-likeness (QED) is 0.358. The second kappa shape index (κ2) is 11.3. The molecule has 210 valence electrons. The molecule has 1 aromatic carbocycles. The highest BCUT2D eigenvalue weighted by Crippen LogP contribution is 2.44. The van der Waals surface area contributed by atoms with Gasteiger partial charge in [0.25, 0.3) is 5.91 Å². The van der Waals surface area contributed by atoms with Crippen molar-refractivity contribution in [3.05, 3.63) is 57.1 Å². The second-order valence-electron chi connectivity index (χ2n) is 12.1. The Kier molecular flexibility index (Phi) is 7.98. The van der Waals surface area contributed by atoms with Gasteiger partial charge in [-0.25, -0.2) is 4.79 Å². The van der Waals surface area contributed by atoms with Crippen molar-refractivity contribution in [3.8, 4) is 6.07 Å². The van der Waals surface area contributed by atoms with Gasteiger partial charge in [-0.15, -0.1) is 11.3 Å². The molecule has 3 aromatic rings. The minimum absolute atomic E-state index is 0.185. The number of carbonyl (C=O) groups is 2. The number of para-hydroxylation sites is 1. The smallest absolute Gasteiger partial charge is 0.339 e. The maximum atomic E-state index is 13.7. The highest BCUT2D eigenvalue weighted by molar-refractivity contribution is 7.16. The van der Waals surface area contributed by atoms with Crippen LogP contribution in [0, 0.1) is 22.7 Å². The molecule has 2 aromatic heterocycles. The lowest BCUT2D eigenvalue weighted by Crippen LogP contribution is -2.34. The summed E-state index contributed by atoms with van der Waals surface area (Å²) in [7, 11) is 0. The summed E-state index contributed by atoms with van der Waals surface area (Å²) >= 11 is 1.48. The average molecular weight is 559 g/mol. The first-order valence-corrected chi connectivity index (χ1v) is 15.1. The number of thiophene rings is 1. The van der Waals surface area contributed by atoms with Crippen LogP contribution in [0.2, 0.25) is 0 Å². The second-order valence-corrected chi connectivity index (χ2v) is 13.2. The molecule has 3 heterocycles. The van der Waals surface area contributed by atoms with Crippen molar-refractivity contribution in [2.45, 2.75) is 79.4 Å². The molecule has 5 rings (SSSR count). The Morgan fingerprint density at radius 1 is 1.25 bits per heavy atom. The number of fused-ring (bicyclic) bond motifs is 3. The van der Waals surface area contributed by atoms with Crippen molar-refractivity contribution in [1.82, 2.24) is 9.88 Å². The van der Waals surface area contributed by atoms with Gasteiger partial charge >= 0.3 is 5.97 Å². The number of rotatable bonds is 6. The van der Waals surface area contributed by atoms with Gasteiger partial charge in [0.15, 0.2) is 6.10 Å². The van der Waals surface area contributed by atoms with Crippen molar-refractivity contribution < 1.29 is 14.3 Å². The standard InChI is InChI=1S/C32H38N4O3S/c1-6-14-36-15-13-26-24(18-36)28(22-9-7-8-10-25(22)34-26)31(38)39-19(2)29(37)35-30-23(17-33)21-12-11-20(32(3,4)5)16-27(21)40-30/h7-10,19-20H,6,11-16,18H2,1-5H3,(H,35,37). The third kappa shape index (κ3) is 5.50. The van der Waals surface area contributed by atoms with E-state index in [0.29, 0.717) is 28.6 Å².